The van der Waals surface area contributed by atoms with Gasteiger partial charge < -0.3 is 5.73 Å². The van der Waals surface area contributed by atoms with Crippen molar-refractivity contribution in [3.05, 3.63) is 70.1 Å². The zero-order valence-corrected chi connectivity index (χ0v) is 12.0. The van der Waals surface area contributed by atoms with Crippen molar-refractivity contribution in [2.24, 2.45) is 5.73 Å². The standard InChI is InChI=1S/C15H14BrN3/c16-14-7-4-8-15-18-12(13(10-17)19(14)15)9-11-5-2-1-3-6-11/h1-8H,9-10,17H2. The molecule has 0 aliphatic rings. The van der Waals surface area contributed by atoms with Gasteiger partial charge in [0.05, 0.1) is 16.0 Å². The maximum absolute atomic E-state index is 5.90. The fourth-order valence-corrected chi connectivity index (χ4v) is 2.85. The van der Waals surface area contributed by atoms with Gasteiger partial charge in [0, 0.05) is 13.0 Å². The molecule has 3 rings (SSSR count). The van der Waals surface area contributed by atoms with E-state index in [0.717, 1.165) is 28.1 Å². The number of rotatable bonds is 3. The van der Waals surface area contributed by atoms with Crippen molar-refractivity contribution in [2.75, 3.05) is 0 Å². The van der Waals surface area contributed by atoms with Crippen molar-refractivity contribution in [1.29, 1.82) is 0 Å². The van der Waals surface area contributed by atoms with Gasteiger partial charge in [-0.15, -0.1) is 0 Å². The molecule has 3 nitrogen and oxygen atoms in total. The SMILES string of the molecule is NCc1c(Cc2ccccc2)nc2cccc(Br)n12. The molecule has 2 N–H and O–H groups in total. The van der Waals surface area contributed by atoms with E-state index in [1.807, 2.05) is 36.4 Å². The Kier molecular flexibility index (Phi) is 3.36. The minimum absolute atomic E-state index is 0.478. The first-order valence-electron chi connectivity index (χ1n) is 6.18. The second kappa shape index (κ2) is 5.15. The van der Waals surface area contributed by atoms with Gasteiger partial charge in [0.2, 0.25) is 0 Å². The highest BCUT2D eigenvalue weighted by Gasteiger charge is 2.12. The number of halogens is 1. The van der Waals surface area contributed by atoms with Crippen molar-refractivity contribution in [3.8, 4) is 0 Å². The van der Waals surface area contributed by atoms with Crippen LogP contribution >= 0.6 is 15.9 Å². The molecule has 0 fully saturated rings. The lowest BCUT2D eigenvalue weighted by molar-refractivity contribution is 0.915. The maximum Gasteiger partial charge on any atom is 0.138 e. The Hall–Kier alpha value is -1.65. The van der Waals surface area contributed by atoms with Crippen LogP contribution in [0.3, 0.4) is 0 Å². The van der Waals surface area contributed by atoms with E-state index in [9.17, 15) is 0 Å². The molecule has 0 amide bonds. The molecule has 0 radical (unpaired) electrons. The van der Waals surface area contributed by atoms with Crippen molar-refractivity contribution < 1.29 is 0 Å². The van der Waals surface area contributed by atoms with Gasteiger partial charge in [-0.2, -0.15) is 0 Å². The van der Waals surface area contributed by atoms with E-state index in [0.29, 0.717) is 6.54 Å². The largest absolute Gasteiger partial charge is 0.325 e. The Morgan fingerprint density at radius 2 is 1.84 bits per heavy atom. The van der Waals surface area contributed by atoms with E-state index < -0.39 is 0 Å². The summed E-state index contributed by atoms with van der Waals surface area (Å²) in [5.74, 6) is 0. The lowest BCUT2D eigenvalue weighted by atomic mass is 10.1. The maximum atomic E-state index is 5.90. The van der Waals surface area contributed by atoms with Crippen molar-refractivity contribution in [2.45, 2.75) is 13.0 Å². The average Bonchev–Trinajstić information content (AvgIpc) is 2.78. The first-order chi connectivity index (χ1) is 9.29. The molecule has 2 aromatic heterocycles. The first kappa shape index (κ1) is 12.4. The van der Waals surface area contributed by atoms with Crippen LogP contribution in [0.15, 0.2) is 53.1 Å². The normalized spacial score (nSPS) is 11.1. The number of nitrogens with zero attached hydrogens (tertiary/aromatic N) is 2. The molecule has 0 unspecified atom stereocenters. The average molecular weight is 316 g/mol. The summed E-state index contributed by atoms with van der Waals surface area (Å²) in [6, 6.07) is 16.3. The summed E-state index contributed by atoms with van der Waals surface area (Å²) in [7, 11) is 0. The van der Waals surface area contributed by atoms with Crippen LogP contribution in [0.2, 0.25) is 0 Å². The molecule has 96 valence electrons. The van der Waals surface area contributed by atoms with Crippen LogP contribution in [0.5, 0.6) is 0 Å². The number of imidazole rings is 1. The van der Waals surface area contributed by atoms with Gasteiger partial charge in [-0.25, -0.2) is 4.98 Å². The second-order valence-electron chi connectivity index (χ2n) is 4.41. The summed E-state index contributed by atoms with van der Waals surface area (Å²) in [6.45, 7) is 0.478. The number of hydrogen-bond acceptors (Lipinski definition) is 2. The van der Waals surface area contributed by atoms with E-state index in [1.54, 1.807) is 0 Å². The minimum atomic E-state index is 0.478. The van der Waals surface area contributed by atoms with Gasteiger partial charge in [0.25, 0.3) is 0 Å². The molecule has 0 spiro atoms. The summed E-state index contributed by atoms with van der Waals surface area (Å²) < 4.78 is 3.05. The molecular weight excluding hydrogens is 302 g/mol. The Labute approximate surface area is 120 Å². The summed E-state index contributed by atoms with van der Waals surface area (Å²) >= 11 is 3.55. The fourth-order valence-electron chi connectivity index (χ4n) is 2.30. The zero-order valence-electron chi connectivity index (χ0n) is 10.4. The summed E-state index contributed by atoms with van der Waals surface area (Å²) in [5.41, 5.74) is 10.2. The van der Waals surface area contributed by atoms with Crippen molar-refractivity contribution >= 4 is 21.6 Å². The van der Waals surface area contributed by atoms with E-state index in [-0.39, 0.29) is 0 Å². The summed E-state index contributed by atoms with van der Waals surface area (Å²) in [5, 5.41) is 0. The van der Waals surface area contributed by atoms with Crippen LogP contribution in [-0.2, 0) is 13.0 Å². The third-order valence-corrected chi connectivity index (χ3v) is 3.80. The van der Waals surface area contributed by atoms with E-state index >= 15 is 0 Å². The zero-order chi connectivity index (χ0) is 13.2. The van der Waals surface area contributed by atoms with Crippen LogP contribution < -0.4 is 5.73 Å². The lowest BCUT2D eigenvalue weighted by Crippen LogP contribution is -2.05. The first-order valence-corrected chi connectivity index (χ1v) is 6.97. The third kappa shape index (κ3) is 2.29. The molecule has 0 saturated heterocycles. The highest BCUT2D eigenvalue weighted by atomic mass is 79.9. The van der Waals surface area contributed by atoms with Crippen LogP contribution in [0.1, 0.15) is 17.0 Å². The van der Waals surface area contributed by atoms with Crippen LogP contribution in [0.25, 0.3) is 5.65 Å². The predicted octanol–water partition coefficient (Wildman–Crippen LogP) is 3.15. The van der Waals surface area contributed by atoms with Crippen LogP contribution in [0.4, 0.5) is 0 Å². The number of nitrogens with two attached hydrogens (primary N) is 1. The quantitative estimate of drug-likeness (QED) is 0.754. The van der Waals surface area contributed by atoms with Crippen molar-refractivity contribution in [3.63, 3.8) is 0 Å². The Bertz CT molecular complexity index is 704. The van der Waals surface area contributed by atoms with Crippen LogP contribution in [-0.4, -0.2) is 9.38 Å². The molecular formula is C15H14BrN3. The Balaban J connectivity index is 2.11. The Morgan fingerprint density at radius 1 is 1.05 bits per heavy atom. The number of hydrogen-bond donors (Lipinski definition) is 1. The van der Waals surface area contributed by atoms with Gasteiger partial charge in [-0.3, -0.25) is 4.40 Å². The van der Waals surface area contributed by atoms with Gasteiger partial charge in [0.15, 0.2) is 0 Å². The number of aromatic nitrogens is 2. The van der Waals surface area contributed by atoms with Gasteiger partial charge >= 0.3 is 0 Å². The predicted molar refractivity (Wildman–Crippen MR) is 80.0 cm³/mol. The van der Waals surface area contributed by atoms with Crippen LogP contribution in [0, 0.1) is 0 Å². The molecule has 4 heteroatoms. The molecule has 0 saturated carbocycles. The molecule has 0 atom stereocenters. The molecule has 0 aliphatic heterocycles. The number of pyridine rings is 1. The van der Waals surface area contributed by atoms with E-state index in [4.69, 9.17) is 10.7 Å². The van der Waals surface area contributed by atoms with Gasteiger partial charge in [-0.05, 0) is 33.6 Å². The summed E-state index contributed by atoms with van der Waals surface area (Å²) in [4.78, 5) is 4.69. The smallest absolute Gasteiger partial charge is 0.138 e. The van der Waals surface area contributed by atoms with Crippen molar-refractivity contribution in [1.82, 2.24) is 9.38 Å². The highest BCUT2D eigenvalue weighted by Crippen LogP contribution is 2.21. The fraction of sp³-hybridized carbons (Fsp3) is 0.133. The molecule has 3 aromatic rings. The highest BCUT2D eigenvalue weighted by molar-refractivity contribution is 9.10. The molecule has 19 heavy (non-hydrogen) atoms. The summed E-state index contributed by atoms with van der Waals surface area (Å²) in [6.07, 6.45) is 0.807. The van der Waals surface area contributed by atoms with E-state index in [2.05, 4.69) is 32.5 Å². The Morgan fingerprint density at radius 3 is 2.58 bits per heavy atom. The lowest BCUT2D eigenvalue weighted by Gasteiger charge is -2.04. The third-order valence-electron chi connectivity index (χ3n) is 3.18. The second-order valence-corrected chi connectivity index (χ2v) is 5.23. The molecule has 1 aromatic carbocycles. The topological polar surface area (TPSA) is 43.3 Å². The van der Waals surface area contributed by atoms with Gasteiger partial charge in [0.1, 0.15) is 5.65 Å². The number of benzene rings is 1. The molecule has 2 heterocycles. The monoisotopic (exact) mass is 315 g/mol. The molecule has 0 bridgehead atoms. The number of fused-ring (bicyclic) bond motifs is 1. The minimum Gasteiger partial charge on any atom is -0.325 e. The molecule has 0 aliphatic carbocycles. The van der Waals surface area contributed by atoms with Gasteiger partial charge in [-0.1, -0.05) is 36.4 Å². The van der Waals surface area contributed by atoms with E-state index in [1.165, 1.54) is 5.56 Å².